The van der Waals surface area contributed by atoms with Crippen LogP contribution in [0.5, 0.6) is 5.75 Å². The predicted octanol–water partition coefficient (Wildman–Crippen LogP) is 3.36. The van der Waals surface area contributed by atoms with Crippen LogP contribution in [0.1, 0.15) is 25.1 Å². The van der Waals surface area contributed by atoms with Crippen LogP contribution in [-0.4, -0.2) is 22.7 Å². The maximum atomic E-state index is 5.35. The SMILES string of the molecule is CCc1ccn(C(C)=Nc2ccc(C)cc2OC)n1. The van der Waals surface area contributed by atoms with E-state index in [1.54, 1.807) is 11.8 Å². The smallest absolute Gasteiger partial charge is 0.144 e. The number of benzene rings is 1. The Labute approximate surface area is 113 Å². The summed E-state index contributed by atoms with van der Waals surface area (Å²) in [6, 6.07) is 7.97. The predicted molar refractivity (Wildman–Crippen MR) is 77.5 cm³/mol. The molecule has 0 aliphatic rings. The van der Waals surface area contributed by atoms with Gasteiger partial charge in [-0.25, -0.2) is 9.67 Å². The highest BCUT2D eigenvalue weighted by atomic mass is 16.5. The Morgan fingerprint density at radius 1 is 1.37 bits per heavy atom. The summed E-state index contributed by atoms with van der Waals surface area (Å²) in [7, 11) is 1.66. The van der Waals surface area contributed by atoms with E-state index in [2.05, 4.69) is 17.0 Å². The van der Waals surface area contributed by atoms with Crippen molar-refractivity contribution in [2.75, 3.05) is 7.11 Å². The first-order valence-corrected chi connectivity index (χ1v) is 6.39. The van der Waals surface area contributed by atoms with Crippen molar-refractivity contribution in [2.45, 2.75) is 27.2 Å². The fourth-order valence-electron chi connectivity index (χ4n) is 1.83. The molecule has 0 amide bonds. The molecular weight excluding hydrogens is 238 g/mol. The van der Waals surface area contributed by atoms with Gasteiger partial charge in [-0.15, -0.1) is 0 Å². The number of aliphatic imine (C=N–C) groups is 1. The molecule has 0 spiro atoms. The maximum Gasteiger partial charge on any atom is 0.144 e. The molecule has 100 valence electrons. The van der Waals surface area contributed by atoms with Crippen LogP contribution in [0.25, 0.3) is 0 Å². The van der Waals surface area contributed by atoms with E-state index in [9.17, 15) is 0 Å². The Morgan fingerprint density at radius 2 is 2.16 bits per heavy atom. The molecular formula is C15H19N3O. The second kappa shape index (κ2) is 5.69. The number of aryl methyl sites for hydroxylation is 2. The summed E-state index contributed by atoms with van der Waals surface area (Å²) < 4.78 is 7.14. The third kappa shape index (κ3) is 3.02. The minimum Gasteiger partial charge on any atom is -0.494 e. The minimum atomic E-state index is 0.780. The molecule has 1 heterocycles. The number of ether oxygens (including phenoxy) is 1. The Kier molecular flexibility index (Phi) is 4.00. The Morgan fingerprint density at radius 3 is 2.79 bits per heavy atom. The van der Waals surface area contributed by atoms with E-state index in [-0.39, 0.29) is 0 Å². The molecule has 0 N–H and O–H groups in total. The molecule has 4 nitrogen and oxygen atoms in total. The average Bonchev–Trinajstić information content (AvgIpc) is 2.89. The standard InChI is InChI=1S/C15H19N3O/c1-5-13-8-9-18(17-13)12(3)16-14-7-6-11(2)10-15(14)19-4/h6-10H,5H2,1-4H3. The second-order valence-electron chi connectivity index (χ2n) is 4.44. The van der Waals surface area contributed by atoms with Gasteiger partial charge in [0.1, 0.15) is 17.3 Å². The van der Waals surface area contributed by atoms with E-state index < -0.39 is 0 Å². The van der Waals surface area contributed by atoms with E-state index in [0.29, 0.717) is 0 Å². The number of nitrogens with zero attached hydrogens (tertiary/aromatic N) is 3. The van der Waals surface area contributed by atoms with Crippen LogP contribution in [0.4, 0.5) is 5.69 Å². The van der Waals surface area contributed by atoms with Gasteiger partial charge in [0.05, 0.1) is 12.8 Å². The van der Waals surface area contributed by atoms with E-state index in [1.807, 2.05) is 44.3 Å². The lowest BCUT2D eigenvalue weighted by atomic mass is 10.2. The normalized spacial score (nSPS) is 11.7. The number of aromatic nitrogens is 2. The third-order valence-electron chi connectivity index (χ3n) is 2.96. The first-order chi connectivity index (χ1) is 9.13. The van der Waals surface area contributed by atoms with Gasteiger partial charge in [-0.3, -0.25) is 0 Å². The number of rotatable bonds is 3. The monoisotopic (exact) mass is 257 g/mol. The molecule has 2 aromatic rings. The molecule has 2 rings (SSSR count). The van der Waals surface area contributed by atoms with Gasteiger partial charge < -0.3 is 4.74 Å². The van der Waals surface area contributed by atoms with Crippen molar-refractivity contribution in [1.82, 2.24) is 9.78 Å². The van der Waals surface area contributed by atoms with Gasteiger partial charge in [0.2, 0.25) is 0 Å². The highest BCUT2D eigenvalue weighted by molar-refractivity contribution is 5.84. The molecule has 0 atom stereocenters. The summed E-state index contributed by atoms with van der Waals surface area (Å²) in [5.74, 6) is 1.60. The quantitative estimate of drug-likeness (QED) is 0.624. The summed E-state index contributed by atoms with van der Waals surface area (Å²) >= 11 is 0. The fourth-order valence-corrected chi connectivity index (χ4v) is 1.83. The molecule has 19 heavy (non-hydrogen) atoms. The topological polar surface area (TPSA) is 39.4 Å². The van der Waals surface area contributed by atoms with Crippen molar-refractivity contribution < 1.29 is 4.74 Å². The maximum absolute atomic E-state index is 5.35. The lowest BCUT2D eigenvalue weighted by Crippen LogP contribution is -2.08. The molecule has 0 fully saturated rings. The van der Waals surface area contributed by atoms with Crippen LogP contribution in [0.15, 0.2) is 35.5 Å². The van der Waals surface area contributed by atoms with Crippen molar-refractivity contribution in [3.63, 3.8) is 0 Å². The van der Waals surface area contributed by atoms with E-state index in [0.717, 1.165) is 35.0 Å². The van der Waals surface area contributed by atoms with Crippen molar-refractivity contribution >= 4 is 11.5 Å². The molecule has 1 aromatic carbocycles. The zero-order valence-electron chi connectivity index (χ0n) is 11.8. The average molecular weight is 257 g/mol. The second-order valence-corrected chi connectivity index (χ2v) is 4.44. The molecule has 0 aliphatic carbocycles. The van der Waals surface area contributed by atoms with Crippen molar-refractivity contribution in [2.24, 2.45) is 4.99 Å². The lowest BCUT2D eigenvalue weighted by molar-refractivity contribution is 0.416. The van der Waals surface area contributed by atoms with E-state index in [4.69, 9.17) is 4.74 Å². The number of methoxy groups -OCH3 is 1. The fraction of sp³-hybridized carbons (Fsp3) is 0.333. The number of hydrogen-bond acceptors (Lipinski definition) is 3. The zero-order valence-corrected chi connectivity index (χ0v) is 11.8. The highest BCUT2D eigenvalue weighted by Gasteiger charge is 2.04. The van der Waals surface area contributed by atoms with Crippen molar-refractivity contribution in [3.05, 3.63) is 41.7 Å². The van der Waals surface area contributed by atoms with E-state index in [1.165, 1.54) is 0 Å². The summed E-state index contributed by atoms with van der Waals surface area (Å²) in [5.41, 5.74) is 3.03. The van der Waals surface area contributed by atoms with Gasteiger partial charge in [-0.1, -0.05) is 13.0 Å². The first-order valence-electron chi connectivity index (χ1n) is 6.39. The number of hydrogen-bond donors (Lipinski definition) is 0. The van der Waals surface area contributed by atoms with Gasteiger partial charge in [-0.05, 0) is 44.0 Å². The zero-order chi connectivity index (χ0) is 13.8. The van der Waals surface area contributed by atoms with E-state index >= 15 is 0 Å². The third-order valence-corrected chi connectivity index (χ3v) is 2.96. The van der Waals surface area contributed by atoms with Gasteiger partial charge in [0.15, 0.2) is 0 Å². The molecule has 0 bridgehead atoms. The van der Waals surface area contributed by atoms with Gasteiger partial charge in [0, 0.05) is 6.20 Å². The van der Waals surface area contributed by atoms with Gasteiger partial charge in [-0.2, -0.15) is 5.10 Å². The lowest BCUT2D eigenvalue weighted by Gasteiger charge is -2.07. The van der Waals surface area contributed by atoms with Crippen molar-refractivity contribution in [1.29, 1.82) is 0 Å². The highest BCUT2D eigenvalue weighted by Crippen LogP contribution is 2.28. The molecule has 1 aromatic heterocycles. The molecule has 4 heteroatoms. The molecule has 0 aliphatic heterocycles. The Hall–Kier alpha value is -2.10. The molecule has 0 saturated carbocycles. The van der Waals surface area contributed by atoms with Crippen LogP contribution in [0.3, 0.4) is 0 Å². The summed E-state index contributed by atoms with van der Waals surface area (Å²) in [5, 5.41) is 4.44. The van der Waals surface area contributed by atoms with Crippen LogP contribution < -0.4 is 4.74 Å². The van der Waals surface area contributed by atoms with Crippen LogP contribution >= 0.6 is 0 Å². The van der Waals surface area contributed by atoms with Crippen LogP contribution in [0, 0.1) is 6.92 Å². The largest absolute Gasteiger partial charge is 0.494 e. The minimum absolute atomic E-state index is 0.780. The molecule has 0 radical (unpaired) electrons. The Balaban J connectivity index is 2.34. The van der Waals surface area contributed by atoms with Gasteiger partial charge >= 0.3 is 0 Å². The summed E-state index contributed by atoms with van der Waals surface area (Å²) in [6.07, 6.45) is 2.85. The first kappa shape index (κ1) is 13.3. The summed E-state index contributed by atoms with van der Waals surface area (Å²) in [6.45, 7) is 6.05. The summed E-state index contributed by atoms with van der Waals surface area (Å²) in [4.78, 5) is 4.58. The molecule has 0 saturated heterocycles. The van der Waals surface area contributed by atoms with Crippen molar-refractivity contribution in [3.8, 4) is 5.75 Å². The Bertz CT molecular complexity index is 599. The molecule has 0 unspecified atom stereocenters. The van der Waals surface area contributed by atoms with Crippen LogP contribution in [0.2, 0.25) is 0 Å². The van der Waals surface area contributed by atoms with Gasteiger partial charge in [0.25, 0.3) is 0 Å². The van der Waals surface area contributed by atoms with Crippen LogP contribution in [-0.2, 0) is 6.42 Å².